The lowest BCUT2D eigenvalue weighted by atomic mass is 9.86. The van der Waals surface area contributed by atoms with Crippen LogP contribution in [0, 0.1) is 5.41 Å². The third kappa shape index (κ3) is 8.06. The molecule has 0 heterocycles. The maximum Gasteiger partial charge on any atom is 0.0109 e. The summed E-state index contributed by atoms with van der Waals surface area (Å²) in [5, 5.41) is 3.52. The highest BCUT2D eigenvalue weighted by molar-refractivity contribution is 4.79. The first-order chi connectivity index (χ1) is 8.47. The van der Waals surface area contributed by atoms with Crippen molar-refractivity contribution >= 4 is 0 Å². The summed E-state index contributed by atoms with van der Waals surface area (Å²) < 4.78 is 0. The Balaban J connectivity index is 4.31. The molecular weight excluding hydrogens is 222 g/mol. The Morgan fingerprint density at radius 1 is 1.00 bits per heavy atom. The van der Waals surface area contributed by atoms with Gasteiger partial charge in [-0.05, 0) is 45.4 Å². The minimum absolute atomic E-state index is 0.400. The molecule has 0 spiro atoms. The van der Waals surface area contributed by atoms with Gasteiger partial charge in [-0.25, -0.2) is 0 Å². The second-order valence-corrected chi connectivity index (χ2v) is 6.02. The van der Waals surface area contributed by atoms with Gasteiger partial charge >= 0.3 is 0 Å². The van der Waals surface area contributed by atoms with Crippen LogP contribution < -0.4 is 5.32 Å². The second-order valence-electron chi connectivity index (χ2n) is 6.02. The van der Waals surface area contributed by atoms with Crippen LogP contribution in [-0.2, 0) is 0 Å². The Bertz CT molecular complexity index is 194. The topological polar surface area (TPSA) is 18.5 Å². The zero-order valence-electron chi connectivity index (χ0n) is 13.6. The highest BCUT2D eigenvalue weighted by Gasteiger charge is 2.24. The van der Waals surface area contributed by atoms with Gasteiger partial charge in [0.25, 0.3) is 0 Å². The average Bonchev–Trinajstić information content (AvgIpc) is 2.34. The van der Waals surface area contributed by atoms with Crippen molar-refractivity contribution in [2.75, 3.05) is 53.4 Å². The lowest BCUT2D eigenvalue weighted by Gasteiger charge is -2.35. The molecule has 0 aromatic rings. The quantitative estimate of drug-likeness (QED) is 0.613. The van der Waals surface area contributed by atoms with Crippen LogP contribution in [0.3, 0.4) is 0 Å². The first kappa shape index (κ1) is 17.9. The minimum Gasteiger partial charge on any atom is -0.316 e. The Hall–Kier alpha value is -0.120. The monoisotopic (exact) mass is 257 g/mol. The third-order valence-corrected chi connectivity index (χ3v) is 3.66. The van der Waals surface area contributed by atoms with E-state index < -0.39 is 0 Å². The van der Waals surface area contributed by atoms with Crippen molar-refractivity contribution in [3.63, 3.8) is 0 Å². The standard InChI is InChI=1S/C15H35N3/c1-7-10-18(12-11-17(5)6)14-15(4,8-2)13-16-9-3/h16H,7-14H2,1-6H3. The largest absolute Gasteiger partial charge is 0.316 e. The second kappa shape index (κ2) is 9.76. The van der Waals surface area contributed by atoms with Crippen LogP contribution in [0.2, 0.25) is 0 Å². The molecular formula is C15H35N3. The van der Waals surface area contributed by atoms with Gasteiger partial charge in [0, 0.05) is 26.2 Å². The molecule has 110 valence electrons. The maximum absolute atomic E-state index is 3.52. The highest BCUT2D eigenvalue weighted by Crippen LogP contribution is 2.21. The lowest BCUT2D eigenvalue weighted by molar-refractivity contribution is 0.146. The van der Waals surface area contributed by atoms with Gasteiger partial charge in [0.05, 0.1) is 0 Å². The van der Waals surface area contributed by atoms with Gasteiger partial charge in [-0.15, -0.1) is 0 Å². The molecule has 1 atom stereocenters. The molecule has 0 radical (unpaired) electrons. The molecule has 1 N–H and O–H groups in total. The number of nitrogens with one attached hydrogen (secondary N) is 1. The van der Waals surface area contributed by atoms with Crippen LogP contribution in [0.25, 0.3) is 0 Å². The fourth-order valence-corrected chi connectivity index (χ4v) is 2.19. The van der Waals surface area contributed by atoms with Gasteiger partial charge in [-0.2, -0.15) is 0 Å². The summed E-state index contributed by atoms with van der Waals surface area (Å²) in [5.41, 5.74) is 0.400. The van der Waals surface area contributed by atoms with Crippen molar-refractivity contribution in [1.82, 2.24) is 15.1 Å². The Morgan fingerprint density at radius 3 is 2.11 bits per heavy atom. The van der Waals surface area contributed by atoms with Crippen molar-refractivity contribution < 1.29 is 0 Å². The number of likely N-dealkylation sites (N-methyl/N-ethyl adjacent to an activating group) is 1. The molecule has 0 aromatic heterocycles. The fraction of sp³-hybridized carbons (Fsp3) is 1.00. The molecule has 0 bridgehead atoms. The van der Waals surface area contributed by atoms with E-state index in [-0.39, 0.29) is 0 Å². The number of hydrogen-bond acceptors (Lipinski definition) is 3. The summed E-state index contributed by atoms with van der Waals surface area (Å²) in [6.07, 6.45) is 2.48. The van der Waals surface area contributed by atoms with Crippen molar-refractivity contribution in [1.29, 1.82) is 0 Å². The van der Waals surface area contributed by atoms with E-state index in [0.29, 0.717) is 5.41 Å². The molecule has 18 heavy (non-hydrogen) atoms. The van der Waals surface area contributed by atoms with E-state index in [1.165, 1.54) is 32.5 Å². The van der Waals surface area contributed by atoms with E-state index in [0.717, 1.165) is 19.6 Å². The van der Waals surface area contributed by atoms with Gasteiger partial charge in [0.2, 0.25) is 0 Å². The van der Waals surface area contributed by atoms with E-state index in [1.54, 1.807) is 0 Å². The van der Waals surface area contributed by atoms with Crippen molar-refractivity contribution in [2.45, 2.75) is 40.5 Å². The zero-order valence-corrected chi connectivity index (χ0v) is 13.6. The van der Waals surface area contributed by atoms with Crippen LogP contribution in [0.1, 0.15) is 40.5 Å². The van der Waals surface area contributed by atoms with E-state index in [1.807, 2.05) is 0 Å². The normalized spacial score (nSPS) is 15.3. The summed E-state index contributed by atoms with van der Waals surface area (Å²) in [5.74, 6) is 0. The van der Waals surface area contributed by atoms with Gasteiger partial charge < -0.3 is 15.1 Å². The number of rotatable bonds is 11. The SMILES string of the molecule is CCCN(CCN(C)C)CC(C)(CC)CNCC. The molecule has 0 aromatic carbocycles. The summed E-state index contributed by atoms with van der Waals surface area (Å²) >= 11 is 0. The fourth-order valence-electron chi connectivity index (χ4n) is 2.19. The van der Waals surface area contributed by atoms with Gasteiger partial charge in [-0.3, -0.25) is 0 Å². The first-order valence-electron chi connectivity index (χ1n) is 7.55. The predicted octanol–water partition coefficient (Wildman–Crippen LogP) is 2.29. The summed E-state index contributed by atoms with van der Waals surface area (Å²) in [6, 6.07) is 0. The van der Waals surface area contributed by atoms with E-state index in [2.05, 4.69) is 56.9 Å². The van der Waals surface area contributed by atoms with Crippen molar-refractivity contribution in [3.8, 4) is 0 Å². The molecule has 3 nitrogen and oxygen atoms in total. The smallest absolute Gasteiger partial charge is 0.0109 e. The molecule has 0 aliphatic heterocycles. The highest BCUT2D eigenvalue weighted by atomic mass is 15.2. The van der Waals surface area contributed by atoms with Crippen LogP contribution in [0.5, 0.6) is 0 Å². The Kier molecular flexibility index (Phi) is 9.70. The summed E-state index contributed by atoms with van der Waals surface area (Å²) in [4.78, 5) is 4.90. The third-order valence-electron chi connectivity index (χ3n) is 3.66. The number of hydrogen-bond donors (Lipinski definition) is 1. The van der Waals surface area contributed by atoms with Crippen LogP contribution >= 0.6 is 0 Å². The first-order valence-corrected chi connectivity index (χ1v) is 7.55. The number of nitrogens with zero attached hydrogens (tertiary/aromatic N) is 2. The molecule has 0 fully saturated rings. The van der Waals surface area contributed by atoms with Crippen molar-refractivity contribution in [2.24, 2.45) is 5.41 Å². The molecule has 0 saturated heterocycles. The zero-order chi connectivity index (χ0) is 14.0. The van der Waals surface area contributed by atoms with Gasteiger partial charge in [0.15, 0.2) is 0 Å². The van der Waals surface area contributed by atoms with Crippen LogP contribution in [0.4, 0.5) is 0 Å². The average molecular weight is 257 g/mol. The minimum atomic E-state index is 0.400. The van der Waals surface area contributed by atoms with E-state index in [4.69, 9.17) is 0 Å². The Labute approximate surface area is 115 Å². The van der Waals surface area contributed by atoms with E-state index >= 15 is 0 Å². The molecule has 0 saturated carbocycles. The summed E-state index contributed by atoms with van der Waals surface area (Å²) in [7, 11) is 4.31. The maximum atomic E-state index is 3.52. The van der Waals surface area contributed by atoms with Crippen molar-refractivity contribution in [3.05, 3.63) is 0 Å². The lowest BCUT2D eigenvalue weighted by Crippen LogP contribution is -2.44. The van der Waals surface area contributed by atoms with E-state index in [9.17, 15) is 0 Å². The molecule has 0 amide bonds. The molecule has 0 aliphatic rings. The molecule has 0 aliphatic carbocycles. The molecule has 0 rings (SSSR count). The van der Waals surface area contributed by atoms with Gasteiger partial charge in [0.1, 0.15) is 0 Å². The van der Waals surface area contributed by atoms with Crippen LogP contribution in [-0.4, -0.2) is 63.2 Å². The molecule has 3 heteroatoms. The van der Waals surface area contributed by atoms with Gasteiger partial charge in [-0.1, -0.05) is 27.7 Å². The Morgan fingerprint density at radius 2 is 1.67 bits per heavy atom. The van der Waals surface area contributed by atoms with Crippen LogP contribution in [0.15, 0.2) is 0 Å². The molecule has 1 unspecified atom stereocenters. The summed E-state index contributed by atoms with van der Waals surface area (Å²) in [6.45, 7) is 16.1. The predicted molar refractivity (Wildman–Crippen MR) is 82.2 cm³/mol.